The number of aliphatic hydroxyl groups excluding tert-OH is 1. The van der Waals surface area contributed by atoms with Crippen LogP contribution in [0.5, 0.6) is 0 Å². The first-order chi connectivity index (χ1) is 7.92. The second kappa shape index (κ2) is 7.43. The molecule has 0 bridgehead atoms. The highest BCUT2D eigenvalue weighted by Crippen LogP contribution is 2.09. The van der Waals surface area contributed by atoms with Gasteiger partial charge in [0.2, 0.25) is 0 Å². The fourth-order valence-electron chi connectivity index (χ4n) is 0.943. The second-order valence-electron chi connectivity index (χ2n) is 3.26. The molecule has 0 aliphatic rings. The molecular weight excluding hydrogens is 228 g/mol. The van der Waals surface area contributed by atoms with E-state index in [2.05, 4.69) is 9.47 Å². The number of carbonyl (C=O) groups is 3. The van der Waals surface area contributed by atoms with Gasteiger partial charge in [0, 0.05) is 6.08 Å². The summed E-state index contributed by atoms with van der Waals surface area (Å²) in [6.45, 7) is 3.22. The van der Waals surface area contributed by atoms with Gasteiger partial charge in [0.25, 0.3) is 0 Å². The number of esters is 2. The first-order valence-corrected chi connectivity index (χ1v) is 5.09. The minimum Gasteiger partial charge on any atom is -0.511 e. The van der Waals surface area contributed by atoms with E-state index in [9.17, 15) is 19.5 Å². The normalized spacial score (nSPS) is 12.8. The van der Waals surface area contributed by atoms with Crippen LogP contribution >= 0.6 is 0 Å². The molecule has 0 fully saturated rings. The minimum absolute atomic E-state index is 0.187. The number of aliphatic hydroxyl groups is 1. The SMILES string of the molecule is CCOC(=O)C(C)/C(O)=C/C(=O)CC(=O)OC. The van der Waals surface area contributed by atoms with Crippen molar-refractivity contribution in [3.63, 3.8) is 0 Å². The summed E-state index contributed by atoms with van der Waals surface area (Å²) in [6.07, 6.45) is 0.356. The fourth-order valence-corrected chi connectivity index (χ4v) is 0.943. The molecule has 0 aromatic rings. The maximum Gasteiger partial charge on any atom is 0.316 e. The Morgan fingerprint density at radius 3 is 2.41 bits per heavy atom. The number of hydrogen-bond donors (Lipinski definition) is 1. The van der Waals surface area contributed by atoms with Crippen molar-refractivity contribution in [1.82, 2.24) is 0 Å². The summed E-state index contributed by atoms with van der Waals surface area (Å²) in [6, 6.07) is 0. The maximum atomic E-state index is 11.2. The summed E-state index contributed by atoms with van der Waals surface area (Å²) in [7, 11) is 1.15. The molecule has 0 aliphatic carbocycles. The molecule has 1 N–H and O–H groups in total. The van der Waals surface area contributed by atoms with E-state index in [1.54, 1.807) is 6.92 Å². The zero-order valence-corrected chi connectivity index (χ0v) is 10.1. The lowest BCUT2D eigenvalue weighted by Crippen LogP contribution is -2.18. The topological polar surface area (TPSA) is 89.9 Å². The Hall–Kier alpha value is -1.85. The Balaban J connectivity index is 4.47. The first kappa shape index (κ1) is 15.2. The van der Waals surface area contributed by atoms with Crippen molar-refractivity contribution in [3.05, 3.63) is 11.8 Å². The number of carbonyl (C=O) groups excluding carboxylic acids is 3. The Kier molecular flexibility index (Phi) is 6.62. The predicted octanol–water partition coefficient (Wildman–Crippen LogP) is 0.760. The number of hydrogen-bond acceptors (Lipinski definition) is 6. The average molecular weight is 244 g/mol. The van der Waals surface area contributed by atoms with Crippen LogP contribution in [-0.2, 0) is 23.9 Å². The molecule has 0 aliphatic heterocycles. The predicted molar refractivity (Wildman–Crippen MR) is 58.1 cm³/mol. The molecule has 0 rings (SSSR count). The van der Waals surface area contributed by atoms with E-state index < -0.39 is 35.8 Å². The molecule has 96 valence electrons. The highest BCUT2D eigenvalue weighted by atomic mass is 16.5. The number of methoxy groups -OCH3 is 1. The number of rotatable bonds is 6. The Morgan fingerprint density at radius 2 is 1.94 bits per heavy atom. The van der Waals surface area contributed by atoms with E-state index in [1.165, 1.54) is 6.92 Å². The van der Waals surface area contributed by atoms with Gasteiger partial charge in [0.05, 0.1) is 13.7 Å². The molecule has 0 aromatic carbocycles. The van der Waals surface area contributed by atoms with Crippen LogP contribution in [0, 0.1) is 5.92 Å². The van der Waals surface area contributed by atoms with Crippen molar-refractivity contribution in [2.75, 3.05) is 13.7 Å². The van der Waals surface area contributed by atoms with Gasteiger partial charge in [0.15, 0.2) is 5.78 Å². The van der Waals surface area contributed by atoms with Crippen LogP contribution in [0.15, 0.2) is 11.8 Å². The molecule has 1 unspecified atom stereocenters. The highest BCUT2D eigenvalue weighted by molar-refractivity contribution is 6.02. The van der Waals surface area contributed by atoms with Crippen molar-refractivity contribution < 1.29 is 29.0 Å². The lowest BCUT2D eigenvalue weighted by molar-refractivity contribution is -0.147. The maximum absolute atomic E-state index is 11.2. The molecule has 6 heteroatoms. The standard InChI is InChI=1S/C11H16O6/c1-4-17-11(15)7(2)9(13)5-8(12)6-10(14)16-3/h5,7,13H,4,6H2,1-3H3/b9-5-. The zero-order valence-electron chi connectivity index (χ0n) is 10.1. The Labute approximate surface area is 99.2 Å². The second-order valence-corrected chi connectivity index (χ2v) is 3.26. The molecule has 0 heterocycles. The largest absolute Gasteiger partial charge is 0.511 e. The van der Waals surface area contributed by atoms with Crippen LogP contribution in [0.3, 0.4) is 0 Å². The van der Waals surface area contributed by atoms with Crippen molar-refractivity contribution >= 4 is 17.7 Å². The van der Waals surface area contributed by atoms with Gasteiger partial charge < -0.3 is 14.6 Å². The Morgan fingerprint density at radius 1 is 1.35 bits per heavy atom. The number of ether oxygens (including phenoxy) is 2. The fraction of sp³-hybridized carbons (Fsp3) is 0.545. The molecule has 0 amide bonds. The monoisotopic (exact) mass is 244 g/mol. The summed E-state index contributed by atoms with van der Waals surface area (Å²) in [5, 5.41) is 9.46. The van der Waals surface area contributed by atoms with Gasteiger partial charge in [-0.05, 0) is 13.8 Å². The molecule has 0 aromatic heterocycles. The number of allylic oxidation sites excluding steroid dienone is 1. The molecule has 1 atom stereocenters. The summed E-state index contributed by atoms with van der Waals surface area (Å²) in [4.78, 5) is 33.2. The zero-order chi connectivity index (χ0) is 13.4. The van der Waals surface area contributed by atoms with Crippen LogP contribution in [-0.4, -0.2) is 36.5 Å². The van der Waals surface area contributed by atoms with E-state index in [4.69, 9.17) is 0 Å². The van der Waals surface area contributed by atoms with Gasteiger partial charge in [-0.2, -0.15) is 0 Å². The molecule has 0 radical (unpaired) electrons. The Bertz CT molecular complexity index is 331. The smallest absolute Gasteiger partial charge is 0.316 e. The molecule has 0 spiro atoms. The third kappa shape index (κ3) is 5.70. The lowest BCUT2D eigenvalue weighted by atomic mass is 10.1. The molecular formula is C11H16O6. The molecule has 17 heavy (non-hydrogen) atoms. The summed E-state index contributed by atoms with van der Waals surface area (Å²) >= 11 is 0. The van der Waals surface area contributed by atoms with Crippen molar-refractivity contribution in [2.24, 2.45) is 5.92 Å². The summed E-state index contributed by atoms with van der Waals surface area (Å²) in [5.41, 5.74) is 0. The molecule has 0 saturated carbocycles. The van der Waals surface area contributed by atoms with E-state index >= 15 is 0 Å². The van der Waals surface area contributed by atoms with Crippen molar-refractivity contribution in [3.8, 4) is 0 Å². The molecule has 6 nitrogen and oxygen atoms in total. The van der Waals surface area contributed by atoms with Gasteiger partial charge in [-0.1, -0.05) is 0 Å². The van der Waals surface area contributed by atoms with Gasteiger partial charge >= 0.3 is 11.9 Å². The van der Waals surface area contributed by atoms with Gasteiger partial charge in [-0.25, -0.2) is 0 Å². The van der Waals surface area contributed by atoms with Crippen LogP contribution in [0.25, 0.3) is 0 Å². The minimum atomic E-state index is -0.934. The van der Waals surface area contributed by atoms with Crippen LogP contribution in [0.4, 0.5) is 0 Å². The van der Waals surface area contributed by atoms with Crippen LogP contribution < -0.4 is 0 Å². The van der Waals surface area contributed by atoms with Crippen LogP contribution in [0.2, 0.25) is 0 Å². The third-order valence-corrected chi connectivity index (χ3v) is 1.94. The van der Waals surface area contributed by atoms with Gasteiger partial charge in [-0.3, -0.25) is 14.4 Å². The van der Waals surface area contributed by atoms with E-state index in [-0.39, 0.29) is 6.61 Å². The van der Waals surface area contributed by atoms with Gasteiger partial charge in [0.1, 0.15) is 18.1 Å². The van der Waals surface area contributed by atoms with E-state index in [0.717, 1.165) is 13.2 Å². The van der Waals surface area contributed by atoms with Crippen LogP contribution in [0.1, 0.15) is 20.3 Å². The van der Waals surface area contributed by atoms with E-state index in [0.29, 0.717) is 0 Å². The number of ketones is 1. The summed E-state index contributed by atoms with van der Waals surface area (Å²) in [5.74, 6) is -3.34. The highest BCUT2D eigenvalue weighted by Gasteiger charge is 2.20. The van der Waals surface area contributed by atoms with Gasteiger partial charge in [-0.15, -0.1) is 0 Å². The van der Waals surface area contributed by atoms with Crippen molar-refractivity contribution in [2.45, 2.75) is 20.3 Å². The molecule has 0 saturated heterocycles. The summed E-state index contributed by atoms with van der Waals surface area (Å²) < 4.78 is 8.95. The third-order valence-electron chi connectivity index (χ3n) is 1.94. The van der Waals surface area contributed by atoms with Crippen molar-refractivity contribution in [1.29, 1.82) is 0 Å². The lowest BCUT2D eigenvalue weighted by Gasteiger charge is -2.09. The first-order valence-electron chi connectivity index (χ1n) is 5.09. The van der Waals surface area contributed by atoms with E-state index in [1.807, 2.05) is 0 Å². The average Bonchev–Trinajstić information content (AvgIpc) is 2.27. The quantitative estimate of drug-likeness (QED) is 0.321.